The molecule has 0 aliphatic carbocycles. The number of hydrogen-bond acceptors (Lipinski definition) is 7. The number of thioether (sulfide) groups is 1. The summed E-state index contributed by atoms with van der Waals surface area (Å²) in [5.41, 5.74) is 2.99. The summed E-state index contributed by atoms with van der Waals surface area (Å²) in [5.74, 6) is -0.565. The van der Waals surface area contributed by atoms with Crippen LogP contribution in [0, 0.1) is 13.8 Å². The largest absolute Gasteiger partial charge is 0.452 e. The van der Waals surface area contributed by atoms with E-state index in [0.717, 1.165) is 42.7 Å². The van der Waals surface area contributed by atoms with E-state index in [4.69, 9.17) is 4.74 Å². The standard InChI is InChI=1S/C18H23N5O3S/c1-12-6-7-13(2)15(10-12)23-18(19-20-21-23)27-11-16(24)26-14(3)17(25)22-8-4-5-9-22/h6-7,10,14H,4-5,8-9,11H2,1-3H3/t14-/m1/s1. The predicted octanol–water partition coefficient (Wildman–Crippen LogP) is 1.93. The second-order valence-electron chi connectivity index (χ2n) is 6.62. The van der Waals surface area contributed by atoms with Crippen LogP contribution < -0.4 is 0 Å². The molecular formula is C18H23N5O3S. The lowest BCUT2D eigenvalue weighted by Crippen LogP contribution is -2.38. The number of aryl methyl sites for hydroxylation is 2. The number of benzene rings is 1. The van der Waals surface area contributed by atoms with Crippen molar-refractivity contribution in [2.24, 2.45) is 0 Å². The quantitative estimate of drug-likeness (QED) is 0.551. The predicted molar refractivity (Wildman–Crippen MR) is 101 cm³/mol. The third-order valence-electron chi connectivity index (χ3n) is 4.43. The molecule has 0 spiro atoms. The van der Waals surface area contributed by atoms with E-state index in [1.807, 2.05) is 32.0 Å². The van der Waals surface area contributed by atoms with Crippen molar-refractivity contribution in [2.45, 2.75) is 44.9 Å². The molecule has 2 heterocycles. The van der Waals surface area contributed by atoms with Gasteiger partial charge in [0.15, 0.2) is 6.10 Å². The number of likely N-dealkylation sites (tertiary alicyclic amines) is 1. The number of amides is 1. The van der Waals surface area contributed by atoms with Crippen LogP contribution in [0.2, 0.25) is 0 Å². The topological polar surface area (TPSA) is 90.2 Å². The van der Waals surface area contributed by atoms with Crippen LogP contribution in [0.15, 0.2) is 23.4 Å². The summed E-state index contributed by atoms with van der Waals surface area (Å²) in [7, 11) is 0. The van der Waals surface area contributed by atoms with E-state index in [1.165, 1.54) is 11.8 Å². The van der Waals surface area contributed by atoms with Gasteiger partial charge in [-0.1, -0.05) is 23.9 Å². The Morgan fingerprint density at radius 1 is 1.26 bits per heavy atom. The van der Waals surface area contributed by atoms with Crippen LogP contribution in [0.3, 0.4) is 0 Å². The van der Waals surface area contributed by atoms with E-state index in [9.17, 15) is 9.59 Å². The van der Waals surface area contributed by atoms with E-state index >= 15 is 0 Å². The summed E-state index contributed by atoms with van der Waals surface area (Å²) in [6.07, 6.45) is 1.23. The number of carbonyl (C=O) groups excluding carboxylic acids is 2. The van der Waals surface area contributed by atoms with Crippen molar-refractivity contribution in [1.82, 2.24) is 25.1 Å². The summed E-state index contributed by atoms with van der Waals surface area (Å²) in [4.78, 5) is 26.1. The molecule has 9 heteroatoms. The van der Waals surface area contributed by atoms with Gasteiger partial charge in [-0.15, -0.1) is 5.10 Å². The molecular weight excluding hydrogens is 366 g/mol. The van der Waals surface area contributed by atoms with E-state index in [1.54, 1.807) is 16.5 Å². The number of rotatable bonds is 6. The first kappa shape index (κ1) is 19.3. The average Bonchev–Trinajstić information content (AvgIpc) is 3.33. The smallest absolute Gasteiger partial charge is 0.317 e. The van der Waals surface area contributed by atoms with Crippen molar-refractivity contribution < 1.29 is 14.3 Å². The molecule has 0 N–H and O–H groups in total. The molecule has 1 saturated heterocycles. The van der Waals surface area contributed by atoms with E-state index in [0.29, 0.717) is 5.16 Å². The van der Waals surface area contributed by atoms with Gasteiger partial charge < -0.3 is 9.64 Å². The van der Waals surface area contributed by atoms with Crippen molar-refractivity contribution in [3.05, 3.63) is 29.3 Å². The highest BCUT2D eigenvalue weighted by Crippen LogP contribution is 2.22. The van der Waals surface area contributed by atoms with Crippen LogP contribution in [0.5, 0.6) is 0 Å². The zero-order valence-corrected chi connectivity index (χ0v) is 16.5. The normalized spacial score (nSPS) is 15.0. The van der Waals surface area contributed by atoms with Crippen molar-refractivity contribution in [1.29, 1.82) is 0 Å². The Labute approximate surface area is 162 Å². The number of aromatic nitrogens is 4. The lowest BCUT2D eigenvalue weighted by molar-refractivity contribution is -0.156. The van der Waals surface area contributed by atoms with Gasteiger partial charge in [-0.05, 0) is 61.2 Å². The van der Waals surface area contributed by atoms with Crippen molar-refractivity contribution in [3.8, 4) is 5.69 Å². The van der Waals surface area contributed by atoms with Gasteiger partial charge in [-0.3, -0.25) is 9.59 Å². The number of tetrazole rings is 1. The van der Waals surface area contributed by atoms with Gasteiger partial charge in [0.1, 0.15) is 0 Å². The first-order valence-corrected chi connectivity index (χ1v) is 9.91. The fourth-order valence-electron chi connectivity index (χ4n) is 2.97. The fraction of sp³-hybridized carbons (Fsp3) is 0.500. The summed E-state index contributed by atoms with van der Waals surface area (Å²) < 4.78 is 6.89. The molecule has 2 aromatic rings. The highest BCUT2D eigenvalue weighted by molar-refractivity contribution is 7.99. The summed E-state index contributed by atoms with van der Waals surface area (Å²) in [6.45, 7) is 7.06. The Hall–Kier alpha value is -2.42. The lowest BCUT2D eigenvalue weighted by atomic mass is 10.1. The van der Waals surface area contributed by atoms with Crippen molar-refractivity contribution in [2.75, 3.05) is 18.8 Å². The Bertz CT molecular complexity index is 832. The molecule has 1 aliphatic heterocycles. The Morgan fingerprint density at radius 3 is 2.74 bits per heavy atom. The molecule has 144 valence electrons. The van der Waals surface area contributed by atoms with Gasteiger partial charge >= 0.3 is 5.97 Å². The van der Waals surface area contributed by atoms with Crippen molar-refractivity contribution in [3.63, 3.8) is 0 Å². The Balaban J connectivity index is 1.59. The van der Waals surface area contributed by atoms with Crippen LogP contribution in [0.1, 0.15) is 30.9 Å². The maximum atomic E-state index is 12.2. The van der Waals surface area contributed by atoms with Crippen molar-refractivity contribution >= 4 is 23.6 Å². The van der Waals surface area contributed by atoms with Gasteiger partial charge in [0.05, 0.1) is 11.4 Å². The average molecular weight is 389 g/mol. The SMILES string of the molecule is Cc1ccc(C)c(-n2nnnc2SCC(=O)O[C@H](C)C(=O)N2CCCC2)c1. The molecule has 0 unspecified atom stereocenters. The molecule has 0 saturated carbocycles. The second kappa shape index (κ2) is 8.51. The number of ether oxygens (including phenoxy) is 1. The molecule has 1 atom stereocenters. The van der Waals surface area contributed by atoms with Gasteiger partial charge in [0, 0.05) is 13.1 Å². The Morgan fingerprint density at radius 2 is 2.00 bits per heavy atom. The summed E-state index contributed by atoms with van der Waals surface area (Å²) >= 11 is 1.18. The van der Waals surface area contributed by atoms with E-state index < -0.39 is 12.1 Å². The lowest BCUT2D eigenvalue weighted by Gasteiger charge is -2.20. The molecule has 1 aromatic carbocycles. The number of esters is 1. The van der Waals surface area contributed by atoms with Crippen LogP contribution >= 0.6 is 11.8 Å². The number of carbonyl (C=O) groups is 2. The molecule has 1 fully saturated rings. The zero-order valence-electron chi connectivity index (χ0n) is 15.7. The van der Waals surface area contributed by atoms with Gasteiger partial charge in [0.2, 0.25) is 5.16 Å². The maximum absolute atomic E-state index is 12.2. The first-order valence-electron chi connectivity index (χ1n) is 8.93. The molecule has 1 aromatic heterocycles. The zero-order chi connectivity index (χ0) is 19.4. The molecule has 27 heavy (non-hydrogen) atoms. The molecule has 1 amide bonds. The third kappa shape index (κ3) is 4.65. The van der Waals surface area contributed by atoms with Crippen LogP contribution in [0.25, 0.3) is 5.69 Å². The monoisotopic (exact) mass is 389 g/mol. The minimum atomic E-state index is -0.772. The molecule has 0 radical (unpaired) electrons. The summed E-state index contributed by atoms with van der Waals surface area (Å²) in [6, 6.07) is 6.01. The van der Waals surface area contributed by atoms with Crippen LogP contribution in [0.4, 0.5) is 0 Å². The van der Waals surface area contributed by atoms with Crippen LogP contribution in [-0.4, -0.2) is 61.9 Å². The number of hydrogen-bond donors (Lipinski definition) is 0. The van der Waals surface area contributed by atoms with Gasteiger partial charge in [-0.25, -0.2) is 0 Å². The Kier molecular flexibility index (Phi) is 6.10. The van der Waals surface area contributed by atoms with E-state index in [2.05, 4.69) is 15.5 Å². The highest BCUT2D eigenvalue weighted by atomic mass is 32.2. The van der Waals surface area contributed by atoms with Crippen LogP contribution in [-0.2, 0) is 14.3 Å². The maximum Gasteiger partial charge on any atom is 0.317 e. The van der Waals surface area contributed by atoms with Gasteiger partial charge in [-0.2, -0.15) is 4.68 Å². The minimum Gasteiger partial charge on any atom is -0.452 e. The molecule has 8 nitrogen and oxygen atoms in total. The second-order valence-corrected chi connectivity index (χ2v) is 7.56. The van der Waals surface area contributed by atoms with Gasteiger partial charge in [0.25, 0.3) is 5.91 Å². The highest BCUT2D eigenvalue weighted by Gasteiger charge is 2.26. The van der Waals surface area contributed by atoms with E-state index in [-0.39, 0.29) is 11.7 Å². The summed E-state index contributed by atoms with van der Waals surface area (Å²) in [5, 5.41) is 12.2. The fourth-order valence-corrected chi connectivity index (χ4v) is 3.63. The molecule has 1 aliphatic rings. The third-order valence-corrected chi connectivity index (χ3v) is 5.32. The molecule has 3 rings (SSSR count). The first-order chi connectivity index (χ1) is 13.0. The number of nitrogens with zero attached hydrogens (tertiary/aromatic N) is 5. The minimum absolute atomic E-state index is 0.0306. The molecule has 0 bridgehead atoms.